The van der Waals surface area contributed by atoms with E-state index in [0.717, 1.165) is 17.9 Å². The van der Waals surface area contributed by atoms with E-state index in [2.05, 4.69) is 45.0 Å². The third kappa shape index (κ3) is 5.38. The van der Waals surface area contributed by atoms with E-state index in [-0.39, 0.29) is 4.75 Å². The molecule has 0 aliphatic carbocycles. The van der Waals surface area contributed by atoms with Gasteiger partial charge in [0.1, 0.15) is 0 Å². The van der Waals surface area contributed by atoms with Crippen molar-refractivity contribution in [2.24, 2.45) is 5.84 Å². The van der Waals surface area contributed by atoms with Gasteiger partial charge in [-0.15, -0.1) is 11.3 Å². The summed E-state index contributed by atoms with van der Waals surface area (Å²) < 4.78 is 0.282. The zero-order valence-electron chi connectivity index (χ0n) is 11.3. The molecule has 0 fully saturated rings. The Balaban J connectivity index is 2.52. The molecule has 0 aliphatic rings. The molecule has 0 saturated heterocycles. The average molecular weight is 273 g/mol. The van der Waals surface area contributed by atoms with Gasteiger partial charge < -0.3 is 0 Å². The second-order valence-electron chi connectivity index (χ2n) is 5.24. The molecule has 0 aliphatic heterocycles. The van der Waals surface area contributed by atoms with Crippen LogP contribution in [0.2, 0.25) is 0 Å². The number of nitrogens with two attached hydrogens (primary N) is 1. The summed E-state index contributed by atoms with van der Waals surface area (Å²) in [5.41, 5.74) is 4.04. The zero-order chi connectivity index (χ0) is 13.1. The molecule has 0 aromatic carbocycles. The molecular weight excluding hydrogens is 250 g/mol. The first-order chi connectivity index (χ1) is 7.81. The van der Waals surface area contributed by atoms with Gasteiger partial charge in [0, 0.05) is 27.8 Å². The molecule has 0 amide bonds. The molecule has 5 heteroatoms. The number of aryl methyl sites for hydroxylation is 2. The Morgan fingerprint density at radius 1 is 1.41 bits per heavy atom. The predicted molar refractivity (Wildman–Crippen MR) is 78.6 cm³/mol. The Kier molecular flexibility index (Phi) is 5.44. The fourth-order valence-corrected chi connectivity index (χ4v) is 3.28. The van der Waals surface area contributed by atoms with Gasteiger partial charge in [0.25, 0.3) is 0 Å². The van der Waals surface area contributed by atoms with Crippen molar-refractivity contribution in [1.82, 2.24) is 10.4 Å². The molecule has 1 aromatic heterocycles. The summed E-state index contributed by atoms with van der Waals surface area (Å²) in [5.74, 6) is 6.62. The van der Waals surface area contributed by atoms with Gasteiger partial charge in [-0.1, -0.05) is 20.8 Å². The highest BCUT2D eigenvalue weighted by Gasteiger charge is 2.16. The molecular formula is C12H23N3S2. The van der Waals surface area contributed by atoms with E-state index in [1.807, 2.05) is 11.8 Å². The van der Waals surface area contributed by atoms with Crippen molar-refractivity contribution >= 4 is 23.1 Å². The zero-order valence-corrected chi connectivity index (χ0v) is 13.0. The number of hydrogen-bond donors (Lipinski definition) is 2. The SMILES string of the molecule is Cc1nc(CC(CSC(C)(C)C)NN)sc1C. The van der Waals surface area contributed by atoms with Crippen LogP contribution in [0.25, 0.3) is 0 Å². The second kappa shape index (κ2) is 6.18. The van der Waals surface area contributed by atoms with E-state index in [1.54, 1.807) is 11.3 Å². The van der Waals surface area contributed by atoms with Crippen LogP contribution in [0.15, 0.2) is 0 Å². The van der Waals surface area contributed by atoms with E-state index in [1.165, 1.54) is 9.88 Å². The molecule has 1 unspecified atom stereocenters. The van der Waals surface area contributed by atoms with Crippen molar-refractivity contribution in [3.63, 3.8) is 0 Å². The smallest absolute Gasteiger partial charge is 0.0947 e. The fraction of sp³-hybridized carbons (Fsp3) is 0.750. The summed E-state index contributed by atoms with van der Waals surface area (Å²) in [6, 6.07) is 0.296. The van der Waals surface area contributed by atoms with Gasteiger partial charge in [-0.3, -0.25) is 11.3 Å². The summed E-state index contributed by atoms with van der Waals surface area (Å²) in [6.45, 7) is 10.9. The summed E-state index contributed by atoms with van der Waals surface area (Å²) in [6.07, 6.45) is 0.916. The number of thioether (sulfide) groups is 1. The van der Waals surface area contributed by atoms with Crippen LogP contribution in [0.4, 0.5) is 0 Å². The molecule has 1 aromatic rings. The fourth-order valence-electron chi connectivity index (χ4n) is 1.35. The maximum absolute atomic E-state index is 5.61. The van der Waals surface area contributed by atoms with E-state index in [9.17, 15) is 0 Å². The van der Waals surface area contributed by atoms with Crippen LogP contribution >= 0.6 is 23.1 Å². The molecule has 0 saturated carbocycles. The summed E-state index contributed by atoms with van der Waals surface area (Å²) in [4.78, 5) is 5.86. The highest BCUT2D eigenvalue weighted by atomic mass is 32.2. The number of hydrogen-bond acceptors (Lipinski definition) is 5. The minimum absolute atomic E-state index is 0.282. The summed E-state index contributed by atoms with van der Waals surface area (Å²) in [5, 5.41) is 1.18. The molecule has 0 radical (unpaired) electrons. The first-order valence-corrected chi connectivity index (χ1v) is 7.65. The first-order valence-electron chi connectivity index (χ1n) is 5.85. The standard InChI is InChI=1S/C12H23N3S2/c1-8-9(2)17-11(14-8)6-10(15-13)7-16-12(3,4)5/h10,15H,6-7,13H2,1-5H3. The Hall–Kier alpha value is -0.100. The Morgan fingerprint density at radius 2 is 2.06 bits per heavy atom. The van der Waals surface area contributed by atoms with Crippen LogP contribution in [0.3, 0.4) is 0 Å². The van der Waals surface area contributed by atoms with Gasteiger partial charge in [-0.05, 0) is 13.8 Å². The second-order valence-corrected chi connectivity index (χ2v) is 8.37. The van der Waals surface area contributed by atoms with Crippen molar-refractivity contribution < 1.29 is 0 Å². The molecule has 1 atom stereocenters. The summed E-state index contributed by atoms with van der Waals surface area (Å²) >= 11 is 3.71. The maximum atomic E-state index is 5.61. The predicted octanol–water partition coefficient (Wildman–Crippen LogP) is 2.67. The Labute approximate surface area is 113 Å². The van der Waals surface area contributed by atoms with Crippen molar-refractivity contribution in [2.75, 3.05) is 5.75 Å². The van der Waals surface area contributed by atoms with Crippen molar-refractivity contribution in [2.45, 2.75) is 51.8 Å². The highest BCUT2D eigenvalue weighted by molar-refractivity contribution is 8.00. The minimum atomic E-state index is 0.282. The van der Waals surface area contributed by atoms with Gasteiger partial charge >= 0.3 is 0 Å². The molecule has 0 bridgehead atoms. The maximum Gasteiger partial charge on any atom is 0.0947 e. The van der Waals surface area contributed by atoms with E-state index >= 15 is 0 Å². The third-order valence-electron chi connectivity index (χ3n) is 2.45. The number of thiazole rings is 1. The van der Waals surface area contributed by atoms with Gasteiger partial charge in [0.05, 0.1) is 10.7 Å². The Bertz CT molecular complexity index is 336. The monoisotopic (exact) mass is 273 g/mol. The van der Waals surface area contributed by atoms with Crippen LogP contribution in [-0.4, -0.2) is 21.5 Å². The number of nitrogens with zero attached hydrogens (tertiary/aromatic N) is 1. The molecule has 3 nitrogen and oxygen atoms in total. The van der Waals surface area contributed by atoms with E-state index in [4.69, 9.17) is 5.84 Å². The molecule has 3 N–H and O–H groups in total. The minimum Gasteiger partial charge on any atom is -0.271 e. The summed E-state index contributed by atoms with van der Waals surface area (Å²) in [7, 11) is 0. The van der Waals surface area contributed by atoms with Crippen LogP contribution in [0, 0.1) is 13.8 Å². The average Bonchev–Trinajstić information content (AvgIpc) is 2.51. The molecule has 1 rings (SSSR count). The van der Waals surface area contributed by atoms with Crippen molar-refractivity contribution in [3.8, 4) is 0 Å². The number of nitrogens with one attached hydrogen (secondary N) is 1. The number of aromatic nitrogens is 1. The molecule has 1 heterocycles. The number of rotatable bonds is 5. The van der Waals surface area contributed by atoms with Crippen LogP contribution in [0.1, 0.15) is 36.3 Å². The van der Waals surface area contributed by atoms with Gasteiger partial charge in [0.15, 0.2) is 0 Å². The normalized spacial score (nSPS) is 14.0. The van der Waals surface area contributed by atoms with Crippen molar-refractivity contribution in [1.29, 1.82) is 0 Å². The lowest BCUT2D eigenvalue weighted by atomic mass is 10.2. The highest BCUT2D eigenvalue weighted by Crippen LogP contribution is 2.25. The van der Waals surface area contributed by atoms with E-state index in [0.29, 0.717) is 6.04 Å². The Morgan fingerprint density at radius 3 is 2.47 bits per heavy atom. The lowest BCUT2D eigenvalue weighted by molar-refractivity contribution is 0.571. The molecule has 0 spiro atoms. The topological polar surface area (TPSA) is 50.9 Å². The van der Waals surface area contributed by atoms with Gasteiger partial charge in [0.2, 0.25) is 0 Å². The van der Waals surface area contributed by atoms with Crippen LogP contribution in [-0.2, 0) is 6.42 Å². The molecule has 17 heavy (non-hydrogen) atoms. The van der Waals surface area contributed by atoms with Gasteiger partial charge in [-0.2, -0.15) is 11.8 Å². The van der Waals surface area contributed by atoms with Crippen LogP contribution < -0.4 is 11.3 Å². The third-order valence-corrected chi connectivity index (χ3v) is 4.98. The lowest BCUT2D eigenvalue weighted by Gasteiger charge is -2.21. The van der Waals surface area contributed by atoms with Gasteiger partial charge in [-0.25, -0.2) is 4.98 Å². The largest absolute Gasteiger partial charge is 0.271 e. The van der Waals surface area contributed by atoms with E-state index < -0.39 is 0 Å². The van der Waals surface area contributed by atoms with Crippen LogP contribution in [0.5, 0.6) is 0 Å². The number of hydrazine groups is 1. The molecule has 98 valence electrons. The van der Waals surface area contributed by atoms with Crippen molar-refractivity contribution in [3.05, 3.63) is 15.6 Å². The lowest BCUT2D eigenvalue weighted by Crippen LogP contribution is -2.39. The first kappa shape index (κ1) is 15.0. The quantitative estimate of drug-likeness (QED) is 0.640.